The van der Waals surface area contributed by atoms with Crippen LogP contribution in [0.4, 0.5) is 0 Å². The van der Waals surface area contributed by atoms with Crippen molar-refractivity contribution in [1.29, 1.82) is 0 Å². The van der Waals surface area contributed by atoms with Gasteiger partial charge in [0, 0.05) is 24.3 Å². The van der Waals surface area contributed by atoms with Crippen LogP contribution < -0.4 is 5.32 Å². The summed E-state index contributed by atoms with van der Waals surface area (Å²) in [6.45, 7) is 6.43. The molecule has 0 aromatic carbocycles. The average Bonchev–Trinajstić information content (AvgIpc) is 2.75. The minimum atomic E-state index is 0.182. The van der Waals surface area contributed by atoms with E-state index in [-0.39, 0.29) is 12.6 Å². The molecule has 6 heteroatoms. The normalized spacial score (nSPS) is 13.2. The van der Waals surface area contributed by atoms with E-state index in [4.69, 9.17) is 0 Å². The van der Waals surface area contributed by atoms with E-state index in [2.05, 4.69) is 35.4 Å². The van der Waals surface area contributed by atoms with E-state index in [1.54, 1.807) is 11.8 Å². The Hall–Kier alpha value is -0.170. The van der Waals surface area contributed by atoms with Gasteiger partial charge in [-0.2, -0.15) is 4.37 Å². The van der Waals surface area contributed by atoms with Gasteiger partial charge in [0.15, 0.2) is 4.34 Å². The minimum Gasteiger partial charge on any atom is -0.395 e. The Kier molecular flexibility index (Phi) is 7.03. The fraction of sp³-hybridized carbons (Fsp3) is 0.818. The number of nitrogens with zero attached hydrogens (tertiary/aromatic N) is 2. The number of nitrogens with one attached hydrogen (secondary N) is 1. The first-order valence-corrected chi connectivity index (χ1v) is 7.73. The van der Waals surface area contributed by atoms with Crippen LogP contribution in [0.3, 0.4) is 0 Å². The maximum absolute atomic E-state index is 9.22. The molecule has 1 rings (SSSR count). The number of hydrogen-bond donors (Lipinski definition) is 2. The number of aliphatic hydroxyl groups is 1. The lowest BCUT2D eigenvalue weighted by Crippen LogP contribution is -2.37. The van der Waals surface area contributed by atoms with E-state index in [0.717, 1.165) is 28.8 Å². The van der Waals surface area contributed by atoms with Crippen LogP contribution in [0.2, 0.25) is 0 Å². The van der Waals surface area contributed by atoms with Crippen LogP contribution in [0, 0.1) is 0 Å². The molecular weight excluding hydrogens is 254 g/mol. The number of aryl methyl sites for hydroxylation is 1. The van der Waals surface area contributed by atoms with Crippen LogP contribution in [0.25, 0.3) is 0 Å². The quantitative estimate of drug-likeness (QED) is 0.710. The zero-order valence-electron chi connectivity index (χ0n) is 10.6. The fourth-order valence-corrected chi connectivity index (χ4v) is 3.25. The number of aliphatic hydroxyl groups excluding tert-OH is 1. The molecule has 1 aromatic heterocycles. The van der Waals surface area contributed by atoms with Crippen molar-refractivity contribution in [3.8, 4) is 0 Å². The van der Waals surface area contributed by atoms with Crippen LogP contribution in [0.15, 0.2) is 4.34 Å². The molecule has 0 bridgehead atoms. The third-order valence-electron chi connectivity index (χ3n) is 2.25. The van der Waals surface area contributed by atoms with Gasteiger partial charge in [-0.25, -0.2) is 4.98 Å². The Bertz CT molecular complexity index is 317. The summed E-state index contributed by atoms with van der Waals surface area (Å²) in [7, 11) is 0. The van der Waals surface area contributed by atoms with Gasteiger partial charge in [0.25, 0.3) is 0 Å². The zero-order chi connectivity index (χ0) is 12.7. The van der Waals surface area contributed by atoms with Crippen molar-refractivity contribution in [1.82, 2.24) is 14.7 Å². The maximum Gasteiger partial charge on any atom is 0.170 e. The predicted octanol–water partition coefficient (Wildman–Crippen LogP) is 1.94. The molecule has 17 heavy (non-hydrogen) atoms. The average molecular weight is 275 g/mol. The molecule has 2 N–H and O–H groups in total. The molecule has 0 aliphatic rings. The molecule has 1 unspecified atom stereocenters. The molecule has 0 aliphatic heterocycles. The molecule has 4 nitrogen and oxygen atoms in total. The van der Waals surface area contributed by atoms with Gasteiger partial charge < -0.3 is 10.4 Å². The number of rotatable bonds is 8. The molecule has 0 amide bonds. The number of aromatic nitrogens is 2. The van der Waals surface area contributed by atoms with Crippen molar-refractivity contribution in [2.24, 2.45) is 0 Å². The number of hydrogen-bond acceptors (Lipinski definition) is 6. The molecule has 0 radical (unpaired) electrons. The van der Waals surface area contributed by atoms with Crippen LogP contribution in [0.5, 0.6) is 0 Å². The lowest BCUT2D eigenvalue weighted by molar-refractivity contribution is 0.232. The van der Waals surface area contributed by atoms with Gasteiger partial charge in [-0.05, 0) is 18.0 Å². The SMILES string of the molecule is CCc1nsc(SCCC(CO)NC(C)C)n1. The molecule has 0 saturated carbocycles. The van der Waals surface area contributed by atoms with Gasteiger partial charge in [0.1, 0.15) is 5.82 Å². The molecule has 98 valence electrons. The maximum atomic E-state index is 9.22. The van der Waals surface area contributed by atoms with Gasteiger partial charge in [-0.15, -0.1) is 0 Å². The summed E-state index contributed by atoms with van der Waals surface area (Å²) in [6, 6.07) is 0.589. The lowest BCUT2D eigenvalue weighted by atomic mass is 10.2. The Labute approximate surface area is 111 Å². The summed E-state index contributed by atoms with van der Waals surface area (Å²) in [5, 5.41) is 12.6. The fourth-order valence-electron chi connectivity index (χ4n) is 1.43. The highest BCUT2D eigenvalue weighted by atomic mass is 32.2. The highest BCUT2D eigenvalue weighted by molar-refractivity contribution is 8.00. The molecule has 1 aromatic rings. The molecule has 1 heterocycles. The van der Waals surface area contributed by atoms with E-state index >= 15 is 0 Å². The van der Waals surface area contributed by atoms with Crippen LogP contribution in [0.1, 0.15) is 33.0 Å². The van der Waals surface area contributed by atoms with Crippen molar-refractivity contribution in [2.45, 2.75) is 50.0 Å². The summed E-state index contributed by atoms with van der Waals surface area (Å²) in [4.78, 5) is 4.40. The second kappa shape index (κ2) is 8.02. The molecule has 0 aliphatic carbocycles. The molecule has 0 saturated heterocycles. The van der Waals surface area contributed by atoms with Crippen LogP contribution in [-0.4, -0.2) is 38.9 Å². The van der Waals surface area contributed by atoms with Crippen LogP contribution >= 0.6 is 23.3 Å². The van der Waals surface area contributed by atoms with Gasteiger partial charge in [0.2, 0.25) is 0 Å². The Morgan fingerprint density at radius 2 is 2.24 bits per heavy atom. The highest BCUT2D eigenvalue weighted by Gasteiger charge is 2.09. The second-order valence-electron chi connectivity index (χ2n) is 4.17. The van der Waals surface area contributed by atoms with Crippen molar-refractivity contribution in [3.05, 3.63) is 5.82 Å². The standard InChI is InChI=1S/C11H21N3OS2/c1-4-10-13-11(17-14-10)16-6-5-9(7-15)12-8(2)3/h8-9,12,15H,4-7H2,1-3H3. The molecule has 1 atom stereocenters. The van der Waals surface area contributed by atoms with Gasteiger partial charge in [-0.1, -0.05) is 32.5 Å². The van der Waals surface area contributed by atoms with E-state index in [0.29, 0.717) is 6.04 Å². The van der Waals surface area contributed by atoms with Crippen molar-refractivity contribution in [2.75, 3.05) is 12.4 Å². The topological polar surface area (TPSA) is 58.0 Å². The predicted molar refractivity (Wildman–Crippen MR) is 73.8 cm³/mol. The van der Waals surface area contributed by atoms with Gasteiger partial charge in [0.05, 0.1) is 6.61 Å². The van der Waals surface area contributed by atoms with E-state index in [1.165, 1.54) is 11.5 Å². The third kappa shape index (κ3) is 5.81. The smallest absolute Gasteiger partial charge is 0.170 e. The minimum absolute atomic E-state index is 0.182. The summed E-state index contributed by atoms with van der Waals surface area (Å²) in [6.07, 6.45) is 1.84. The van der Waals surface area contributed by atoms with Crippen LogP contribution in [-0.2, 0) is 6.42 Å². The summed E-state index contributed by atoms with van der Waals surface area (Å²) < 4.78 is 5.28. The molecule has 0 spiro atoms. The zero-order valence-corrected chi connectivity index (χ0v) is 12.3. The largest absolute Gasteiger partial charge is 0.395 e. The molecule has 0 fully saturated rings. The van der Waals surface area contributed by atoms with Gasteiger partial charge >= 0.3 is 0 Å². The van der Waals surface area contributed by atoms with E-state index in [9.17, 15) is 5.11 Å². The highest BCUT2D eigenvalue weighted by Crippen LogP contribution is 2.21. The van der Waals surface area contributed by atoms with E-state index in [1.807, 2.05) is 0 Å². The second-order valence-corrected chi connectivity index (χ2v) is 6.26. The Morgan fingerprint density at radius 1 is 1.47 bits per heavy atom. The third-order valence-corrected chi connectivity index (χ3v) is 4.15. The summed E-state index contributed by atoms with van der Waals surface area (Å²) in [5.74, 6) is 1.89. The Morgan fingerprint density at radius 3 is 2.76 bits per heavy atom. The van der Waals surface area contributed by atoms with Crippen molar-refractivity contribution >= 4 is 23.3 Å². The first-order chi connectivity index (χ1) is 8.15. The van der Waals surface area contributed by atoms with Crippen molar-refractivity contribution < 1.29 is 5.11 Å². The monoisotopic (exact) mass is 275 g/mol. The number of thioether (sulfide) groups is 1. The van der Waals surface area contributed by atoms with Gasteiger partial charge in [-0.3, -0.25) is 0 Å². The summed E-state index contributed by atoms with van der Waals surface area (Å²) in [5.41, 5.74) is 0. The first kappa shape index (κ1) is 14.9. The molecular formula is C11H21N3OS2. The first-order valence-electron chi connectivity index (χ1n) is 5.98. The Balaban J connectivity index is 2.25. The van der Waals surface area contributed by atoms with Crippen molar-refractivity contribution in [3.63, 3.8) is 0 Å². The van der Waals surface area contributed by atoms with E-state index < -0.39 is 0 Å². The lowest BCUT2D eigenvalue weighted by Gasteiger charge is -2.18. The summed E-state index contributed by atoms with van der Waals surface area (Å²) >= 11 is 3.19.